The number of pyridine rings is 1. The van der Waals surface area contributed by atoms with Crippen LogP contribution in [-0.4, -0.2) is 44.8 Å². The maximum atomic E-state index is 13.7. The first-order chi connectivity index (χ1) is 20.1. The first kappa shape index (κ1) is 32.8. The minimum atomic E-state index is -1.41. The van der Waals surface area contributed by atoms with Crippen molar-refractivity contribution in [3.05, 3.63) is 87.2 Å². The van der Waals surface area contributed by atoms with E-state index in [1.165, 1.54) is 18.2 Å². The zero-order chi connectivity index (χ0) is 32.1. The monoisotopic (exact) mass is 590 g/mol. The van der Waals surface area contributed by atoms with E-state index in [1.54, 1.807) is 27.7 Å². The second kappa shape index (κ2) is 13.5. The first-order valence-corrected chi connectivity index (χ1v) is 13.9. The summed E-state index contributed by atoms with van der Waals surface area (Å²) in [5, 5.41) is 21.6. The van der Waals surface area contributed by atoms with Gasteiger partial charge in [0.2, 0.25) is 0 Å². The Morgan fingerprint density at radius 2 is 1.56 bits per heavy atom. The van der Waals surface area contributed by atoms with Gasteiger partial charge in [-0.1, -0.05) is 49.7 Å². The summed E-state index contributed by atoms with van der Waals surface area (Å²) >= 11 is 0. The van der Waals surface area contributed by atoms with Crippen molar-refractivity contribution < 1.29 is 38.9 Å². The van der Waals surface area contributed by atoms with E-state index >= 15 is 0 Å². The Morgan fingerprint density at radius 3 is 2.12 bits per heavy atom. The van der Waals surface area contributed by atoms with Crippen LogP contribution in [0.25, 0.3) is 11.1 Å². The molecule has 0 aliphatic rings. The van der Waals surface area contributed by atoms with Gasteiger partial charge in [0.05, 0.1) is 22.4 Å². The Bertz CT molecular complexity index is 1540. The number of aromatic nitrogens is 1. The van der Waals surface area contributed by atoms with Crippen molar-refractivity contribution in [2.75, 3.05) is 0 Å². The summed E-state index contributed by atoms with van der Waals surface area (Å²) in [6.07, 6.45) is -0.0181. The number of carboxylic acids is 2. The van der Waals surface area contributed by atoms with Crippen molar-refractivity contribution in [3.8, 4) is 11.1 Å². The van der Waals surface area contributed by atoms with E-state index in [1.807, 2.05) is 31.2 Å². The molecular formula is C33H38N2O8. The smallest absolute Gasteiger partial charge is 0.407 e. The Labute approximate surface area is 251 Å². The number of ether oxygens (including phenoxy) is 2. The number of hydrogen-bond donors (Lipinski definition) is 3. The number of rotatable bonds is 10. The third kappa shape index (κ3) is 8.64. The normalized spacial score (nSPS) is 11.3. The van der Waals surface area contributed by atoms with E-state index in [9.17, 15) is 29.4 Å². The van der Waals surface area contributed by atoms with Gasteiger partial charge in [-0.05, 0) is 70.2 Å². The molecule has 1 heterocycles. The van der Waals surface area contributed by atoms with Crippen LogP contribution in [0.4, 0.5) is 4.79 Å². The molecule has 1 amide bonds. The second-order valence-electron chi connectivity index (χ2n) is 11.8. The first-order valence-electron chi connectivity index (χ1n) is 13.9. The van der Waals surface area contributed by atoms with Crippen LogP contribution in [0.15, 0.2) is 42.5 Å². The molecule has 10 nitrogen and oxygen atoms in total. The van der Waals surface area contributed by atoms with Gasteiger partial charge >= 0.3 is 24.0 Å². The highest BCUT2D eigenvalue weighted by Gasteiger charge is 2.27. The number of carbonyl (C=O) groups excluding carboxylic acids is 2. The molecule has 0 saturated heterocycles. The van der Waals surface area contributed by atoms with Gasteiger partial charge in [-0.3, -0.25) is 4.98 Å². The lowest BCUT2D eigenvalue weighted by Gasteiger charge is -2.23. The molecule has 3 rings (SSSR count). The van der Waals surface area contributed by atoms with E-state index in [0.29, 0.717) is 28.8 Å². The van der Waals surface area contributed by atoms with E-state index in [0.717, 1.165) is 16.8 Å². The molecule has 0 aliphatic carbocycles. The van der Waals surface area contributed by atoms with Crippen molar-refractivity contribution in [3.63, 3.8) is 0 Å². The average Bonchev–Trinajstić information content (AvgIpc) is 2.89. The number of hydrogen-bond acceptors (Lipinski definition) is 7. The number of aromatic carboxylic acids is 2. The minimum Gasteiger partial charge on any atom is -0.478 e. The molecule has 0 radical (unpaired) electrons. The van der Waals surface area contributed by atoms with Gasteiger partial charge < -0.3 is 25.0 Å². The number of alkyl carbamates (subject to hydrolysis) is 1. The summed E-state index contributed by atoms with van der Waals surface area (Å²) < 4.78 is 11.1. The Balaban J connectivity index is 2.10. The van der Waals surface area contributed by atoms with E-state index < -0.39 is 35.2 Å². The molecule has 2 aromatic carbocycles. The molecule has 10 heteroatoms. The minimum absolute atomic E-state index is 0.0480. The quantitative estimate of drug-likeness (QED) is 0.230. The number of carboxylic acid groups (broad SMARTS) is 2. The summed E-state index contributed by atoms with van der Waals surface area (Å²) in [6, 6.07) is 11.4. The van der Waals surface area contributed by atoms with Crippen LogP contribution in [0.3, 0.4) is 0 Å². The van der Waals surface area contributed by atoms with Crippen LogP contribution < -0.4 is 5.32 Å². The molecule has 43 heavy (non-hydrogen) atoms. The maximum Gasteiger partial charge on any atom is 0.407 e. The Hall–Kier alpha value is -4.73. The fraction of sp³-hybridized carbons (Fsp3) is 0.364. The van der Waals surface area contributed by atoms with Gasteiger partial charge in [-0.15, -0.1) is 0 Å². The standard InChI is InChI=1S/C33H38N2O8/c1-18(2)14-26-25(16-34-32(41)43-33(5,6)7)28(22-11-8-19(3)9-12-22)27(20(4)35-26)31(40)42-17-21-10-13-23(29(36)37)24(15-21)30(38)39/h8-13,15,18H,14,16-17H2,1-7H3,(H,34,41)(H,36,37)(H,38,39). The number of benzene rings is 2. The fourth-order valence-electron chi connectivity index (χ4n) is 4.58. The van der Waals surface area contributed by atoms with Crippen LogP contribution in [0, 0.1) is 19.8 Å². The zero-order valence-corrected chi connectivity index (χ0v) is 25.5. The summed E-state index contributed by atoms with van der Waals surface area (Å²) in [5.41, 5.74) is 3.17. The maximum absolute atomic E-state index is 13.7. The second-order valence-corrected chi connectivity index (χ2v) is 11.8. The molecule has 3 aromatic rings. The number of amides is 1. The number of nitrogens with zero attached hydrogens (tertiary/aromatic N) is 1. The van der Waals surface area contributed by atoms with Crippen molar-refractivity contribution >= 4 is 24.0 Å². The van der Waals surface area contributed by atoms with E-state index in [2.05, 4.69) is 19.2 Å². The van der Waals surface area contributed by atoms with Gasteiger partial charge in [0.15, 0.2) is 0 Å². The summed E-state index contributed by atoms with van der Waals surface area (Å²) in [6.45, 7) is 12.8. The molecule has 0 aliphatic heterocycles. The van der Waals surface area contributed by atoms with Gasteiger partial charge in [0, 0.05) is 23.4 Å². The Morgan fingerprint density at radius 1 is 0.930 bits per heavy atom. The number of nitrogens with one attached hydrogen (secondary N) is 1. The summed E-state index contributed by atoms with van der Waals surface area (Å²) in [5.74, 6) is -3.25. The van der Waals surface area contributed by atoms with Crippen molar-refractivity contribution in [1.82, 2.24) is 10.3 Å². The fourth-order valence-corrected chi connectivity index (χ4v) is 4.58. The average molecular weight is 591 g/mol. The molecule has 0 atom stereocenters. The van der Waals surface area contributed by atoms with Crippen LogP contribution in [0.2, 0.25) is 0 Å². The van der Waals surface area contributed by atoms with Gasteiger partial charge in [0.25, 0.3) is 0 Å². The largest absolute Gasteiger partial charge is 0.478 e. The molecular weight excluding hydrogens is 552 g/mol. The van der Waals surface area contributed by atoms with Crippen molar-refractivity contribution in [2.45, 2.75) is 73.6 Å². The molecule has 0 saturated carbocycles. The lowest BCUT2D eigenvalue weighted by molar-refractivity contribution is 0.0470. The lowest BCUT2D eigenvalue weighted by atomic mass is 9.89. The molecule has 0 bridgehead atoms. The predicted molar refractivity (Wildman–Crippen MR) is 160 cm³/mol. The van der Waals surface area contributed by atoms with Crippen LogP contribution in [0.5, 0.6) is 0 Å². The van der Waals surface area contributed by atoms with Gasteiger partial charge in [-0.2, -0.15) is 0 Å². The molecule has 0 spiro atoms. The zero-order valence-electron chi connectivity index (χ0n) is 25.5. The molecule has 3 N–H and O–H groups in total. The van der Waals surface area contributed by atoms with Crippen molar-refractivity contribution in [1.29, 1.82) is 0 Å². The summed E-state index contributed by atoms with van der Waals surface area (Å²) in [4.78, 5) is 54.2. The van der Waals surface area contributed by atoms with Crippen molar-refractivity contribution in [2.24, 2.45) is 5.92 Å². The number of carbonyl (C=O) groups is 4. The molecule has 0 unspecified atom stereocenters. The van der Waals surface area contributed by atoms with Gasteiger partial charge in [0.1, 0.15) is 12.2 Å². The molecule has 0 fully saturated rings. The third-order valence-corrected chi connectivity index (χ3v) is 6.43. The highest BCUT2D eigenvalue weighted by atomic mass is 16.6. The van der Waals surface area contributed by atoms with Crippen LogP contribution >= 0.6 is 0 Å². The third-order valence-electron chi connectivity index (χ3n) is 6.43. The number of esters is 1. The highest BCUT2D eigenvalue weighted by molar-refractivity contribution is 6.02. The summed E-state index contributed by atoms with van der Waals surface area (Å²) in [7, 11) is 0. The predicted octanol–water partition coefficient (Wildman–Crippen LogP) is 6.34. The highest BCUT2D eigenvalue weighted by Crippen LogP contribution is 2.34. The van der Waals surface area contributed by atoms with Gasteiger partial charge in [-0.25, -0.2) is 19.2 Å². The molecule has 228 valence electrons. The van der Waals surface area contributed by atoms with Crippen LogP contribution in [-0.2, 0) is 29.0 Å². The Kier molecular flexibility index (Phi) is 10.3. The SMILES string of the molecule is Cc1ccc(-c2c(CNC(=O)OC(C)(C)C)c(CC(C)C)nc(C)c2C(=O)OCc2ccc(C(=O)O)c(C(=O)O)c2)cc1. The number of aryl methyl sites for hydroxylation is 2. The lowest BCUT2D eigenvalue weighted by Crippen LogP contribution is -2.32. The topological polar surface area (TPSA) is 152 Å². The molecule has 1 aromatic heterocycles. The van der Waals surface area contributed by atoms with E-state index in [4.69, 9.17) is 14.5 Å². The van der Waals surface area contributed by atoms with E-state index in [-0.39, 0.29) is 30.2 Å². The van der Waals surface area contributed by atoms with Crippen LogP contribution in [0.1, 0.15) is 93.8 Å².